The van der Waals surface area contributed by atoms with Gasteiger partial charge >= 0.3 is 0 Å². The molecule has 0 atom stereocenters. The lowest BCUT2D eigenvalue weighted by atomic mass is 9.99. The van der Waals surface area contributed by atoms with Gasteiger partial charge in [0.15, 0.2) is 0 Å². The maximum absolute atomic E-state index is 5.39. The lowest BCUT2D eigenvalue weighted by Crippen LogP contribution is -2.36. The number of aromatic nitrogens is 1. The number of pyridine rings is 1. The number of likely N-dealkylation sites (tertiary alicyclic amines) is 1. The Hall–Kier alpha value is -1.29. The number of hydrogen-bond donors (Lipinski definition) is 1. The van der Waals surface area contributed by atoms with Crippen LogP contribution in [-0.4, -0.2) is 42.7 Å². The van der Waals surface area contributed by atoms with Crippen molar-refractivity contribution in [3.8, 4) is 5.88 Å². The Morgan fingerprint density at radius 1 is 1.37 bits per heavy atom. The minimum Gasteiger partial charge on any atom is -0.478 e. The first-order chi connectivity index (χ1) is 9.28. The molecule has 0 unspecified atom stereocenters. The van der Waals surface area contributed by atoms with Crippen LogP contribution in [0.2, 0.25) is 0 Å². The third kappa shape index (κ3) is 4.71. The highest BCUT2D eigenvalue weighted by molar-refractivity contribution is 5.36. The van der Waals surface area contributed by atoms with E-state index in [2.05, 4.69) is 22.1 Å². The van der Waals surface area contributed by atoms with Crippen LogP contribution in [0.5, 0.6) is 5.88 Å². The lowest BCUT2D eigenvalue weighted by molar-refractivity contribution is 0.199. The summed E-state index contributed by atoms with van der Waals surface area (Å²) in [7, 11) is 0. The Balaban J connectivity index is 1.71. The van der Waals surface area contributed by atoms with Crippen LogP contribution in [0, 0.1) is 5.92 Å². The average molecular weight is 263 g/mol. The highest BCUT2D eigenvalue weighted by Crippen LogP contribution is 2.15. The maximum Gasteiger partial charge on any atom is 0.215 e. The summed E-state index contributed by atoms with van der Waals surface area (Å²) < 4.78 is 5.39. The van der Waals surface area contributed by atoms with Crippen molar-refractivity contribution in [3.63, 3.8) is 0 Å². The first kappa shape index (κ1) is 14.1. The quantitative estimate of drug-likeness (QED) is 0.856. The number of nitrogens with one attached hydrogen (secondary N) is 1. The largest absolute Gasteiger partial charge is 0.478 e. The zero-order chi connectivity index (χ0) is 13.5. The Morgan fingerprint density at radius 3 is 2.89 bits per heavy atom. The van der Waals surface area contributed by atoms with E-state index < -0.39 is 0 Å². The fourth-order valence-electron chi connectivity index (χ4n) is 2.37. The van der Waals surface area contributed by atoms with E-state index >= 15 is 0 Å². The molecule has 1 aromatic heterocycles. The van der Waals surface area contributed by atoms with Gasteiger partial charge in [-0.1, -0.05) is 13.0 Å². The SMILES string of the molecule is CCOc1cccc(NCCN2CCC(C)CC2)n1. The summed E-state index contributed by atoms with van der Waals surface area (Å²) in [5.74, 6) is 2.49. The molecular weight excluding hydrogens is 238 g/mol. The van der Waals surface area contributed by atoms with Gasteiger partial charge < -0.3 is 15.0 Å². The van der Waals surface area contributed by atoms with E-state index in [4.69, 9.17) is 4.74 Å². The molecule has 19 heavy (non-hydrogen) atoms. The fourth-order valence-corrected chi connectivity index (χ4v) is 2.37. The number of anilines is 1. The van der Waals surface area contributed by atoms with Crippen molar-refractivity contribution >= 4 is 5.82 Å². The number of rotatable bonds is 6. The van der Waals surface area contributed by atoms with Crippen LogP contribution in [0.4, 0.5) is 5.82 Å². The molecule has 2 heterocycles. The van der Waals surface area contributed by atoms with Crippen LogP contribution in [-0.2, 0) is 0 Å². The van der Waals surface area contributed by atoms with Gasteiger partial charge in [-0.2, -0.15) is 4.98 Å². The van der Waals surface area contributed by atoms with E-state index in [9.17, 15) is 0 Å². The topological polar surface area (TPSA) is 37.4 Å². The van der Waals surface area contributed by atoms with E-state index in [1.807, 2.05) is 25.1 Å². The molecule has 0 amide bonds. The molecule has 1 fully saturated rings. The molecule has 0 aliphatic carbocycles. The molecular formula is C15H25N3O. The maximum atomic E-state index is 5.39. The molecule has 1 saturated heterocycles. The minimum absolute atomic E-state index is 0.655. The molecule has 1 aromatic rings. The minimum atomic E-state index is 0.655. The van der Waals surface area contributed by atoms with Gasteiger partial charge in [0.05, 0.1) is 6.61 Å². The van der Waals surface area contributed by atoms with Gasteiger partial charge in [-0.15, -0.1) is 0 Å². The zero-order valence-electron chi connectivity index (χ0n) is 12.1. The Bertz CT molecular complexity index is 375. The number of nitrogens with zero attached hydrogens (tertiary/aromatic N) is 2. The fraction of sp³-hybridized carbons (Fsp3) is 0.667. The molecule has 0 spiro atoms. The Labute approximate surface area is 116 Å². The van der Waals surface area contributed by atoms with Gasteiger partial charge in [0.25, 0.3) is 0 Å². The molecule has 0 saturated carbocycles. The predicted molar refractivity (Wildman–Crippen MR) is 78.7 cm³/mol. The predicted octanol–water partition coefficient (Wildman–Crippen LogP) is 2.62. The standard InChI is InChI=1S/C15H25N3O/c1-3-19-15-6-4-5-14(17-15)16-9-12-18-10-7-13(2)8-11-18/h4-6,13H,3,7-12H2,1-2H3,(H,16,17). The molecule has 0 bridgehead atoms. The van der Waals surface area contributed by atoms with Crippen LogP contribution in [0.3, 0.4) is 0 Å². The van der Waals surface area contributed by atoms with Crippen molar-refractivity contribution in [1.82, 2.24) is 9.88 Å². The Morgan fingerprint density at radius 2 is 2.16 bits per heavy atom. The van der Waals surface area contributed by atoms with Gasteiger partial charge in [0, 0.05) is 19.2 Å². The number of ether oxygens (including phenoxy) is 1. The highest BCUT2D eigenvalue weighted by atomic mass is 16.5. The van der Waals surface area contributed by atoms with E-state index in [1.54, 1.807) is 0 Å². The molecule has 106 valence electrons. The van der Waals surface area contributed by atoms with Crippen molar-refractivity contribution in [3.05, 3.63) is 18.2 Å². The summed E-state index contributed by atoms with van der Waals surface area (Å²) in [5, 5.41) is 3.37. The van der Waals surface area contributed by atoms with E-state index in [-0.39, 0.29) is 0 Å². The molecule has 0 aromatic carbocycles. The van der Waals surface area contributed by atoms with Crippen molar-refractivity contribution in [1.29, 1.82) is 0 Å². The second kappa shape index (κ2) is 7.34. The lowest BCUT2D eigenvalue weighted by Gasteiger charge is -2.30. The van der Waals surface area contributed by atoms with Crippen molar-refractivity contribution < 1.29 is 4.74 Å². The summed E-state index contributed by atoms with van der Waals surface area (Å²) in [4.78, 5) is 6.93. The van der Waals surface area contributed by atoms with Gasteiger partial charge in [-0.25, -0.2) is 0 Å². The Kier molecular flexibility index (Phi) is 5.45. The summed E-state index contributed by atoms with van der Waals surface area (Å²) in [6.07, 6.45) is 2.66. The monoisotopic (exact) mass is 263 g/mol. The van der Waals surface area contributed by atoms with Crippen LogP contribution in [0.25, 0.3) is 0 Å². The molecule has 2 rings (SSSR count). The van der Waals surface area contributed by atoms with Crippen LogP contribution in [0.1, 0.15) is 26.7 Å². The molecule has 0 radical (unpaired) electrons. The summed E-state index contributed by atoms with van der Waals surface area (Å²) in [6, 6.07) is 5.85. The van der Waals surface area contributed by atoms with E-state index in [0.29, 0.717) is 12.5 Å². The van der Waals surface area contributed by atoms with Crippen molar-refractivity contribution in [2.45, 2.75) is 26.7 Å². The zero-order valence-corrected chi connectivity index (χ0v) is 12.1. The molecule has 1 N–H and O–H groups in total. The molecule has 4 nitrogen and oxygen atoms in total. The molecule has 1 aliphatic heterocycles. The normalized spacial score (nSPS) is 17.4. The summed E-state index contributed by atoms with van der Waals surface area (Å²) >= 11 is 0. The first-order valence-electron chi connectivity index (χ1n) is 7.34. The van der Waals surface area contributed by atoms with Gasteiger partial charge in [0.1, 0.15) is 5.82 Å². The first-order valence-corrected chi connectivity index (χ1v) is 7.34. The van der Waals surface area contributed by atoms with E-state index in [1.165, 1.54) is 25.9 Å². The summed E-state index contributed by atoms with van der Waals surface area (Å²) in [6.45, 7) is 9.47. The van der Waals surface area contributed by atoms with Gasteiger partial charge in [-0.05, 0) is 44.8 Å². The van der Waals surface area contributed by atoms with Crippen molar-refractivity contribution in [2.24, 2.45) is 5.92 Å². The van der Waals surface area contributed by atoms with Crippen molar-refractivity contribution in [2.75, 3.05) is 38.1 Å². The molecule has 4 heteroatoms. The van der Waals surface area contributed by atoms with Crippen LogP contribution in [0.15, 0.2) is 18.2 Å². The van der Waals surface area contributed by atoms with E-state index in [0.717, 1.165) is 24.8 Å². The number of piperidine rings is 1. The summed E-state index contributed by atoms with van der Waals surface area (Å²) in [5.41, 5.74) is 0. The number of hydrogen-bond acceptors (Lipinski definition) is 4. The molecule has 1 aliphatic rings. The van der Waals surface area contributed by atoms with Gasteiger partial charge in [-0.3, -0.25) is 0 Å². The second-order valence-electron chi connectivity index (χ2n) is 5.25. The van der Waals surface area contributed by atoms with Crippen LogP contribution < -0.4 is 10.1 Å². The highest BCUT2D eigenvalue weighted by Gasteiger charge is 2.14. The van der Waals surface area contributed by atoms with Gasteiger partial charge in [0.2, 0.25) is 5.88 Å². The third-order valence-corrected chi connectivity index (χ3v) is 3.63. The van der Waals surface area contributed by atoms with Crippen LogP contribution >= 0.6 is 0 Å². The second-order valence-corrected chi connectivity index (χ2v) is 5.25. The third-order valence-electron chi connectivity index (χ3n) is 3.63. The average Bonchev–Trinajstić information content (AvgIpc) is 2.42. The smallest absolute Gasteiger partial charge is 0.215 e.